The third-order valence-electron chi connectivity index (χ3n) is 2.55. The number of H-pyrrole nitrogens is 1. The zero-order chi connectivity index (χ0) is 9.64. The lowest BCUT2D eigenvalue weighted by Crippen LogP contribution is -2.36. The van der Waals surface area contributed by atoms with Gasteiger partial charge in [-0.15, -0.1) is 0 Å². The number of morpholine rings is 1. The third kappa shape index (κ3) is 2.82. The first-order valence-electron chi connectivity index (χ1n) is 5.23. The highest BCUT2D eigenvalue weighted by atomic mass is 16.5. The fraction of sp³-hybridized carbons (Fsp3) is 0.700. The Bertz CT molecular complexity index is 242. The third-order valence-corrected chi connectivity index (χ3v) is 2.55. The first-order chi connectivity index (χ1) is 6.95. The number of hydrogen-bond donors (Lipinski definition) is 1. The molecular weight excluding hydrogens is 178 g/mol. The molecule has 0 bridgehead atoms. The van der Waals surface area contributed by atoms with Crippen LogP contribution in [0.15, 0.2) is 12.4 Å². The van der Waals surface area contributed by atoms with Crippen LogP contribution in [0.3, 0.4) is 0 Å². The predicted molar refractivity (Wildman–Crippen MR) is 54.2 cm³/mol. The van der Waals surface area contributed by atoms with Gasteiger partial charge in [0.1, 0.15) is 5.82 Å². The van der Waals surface area contributed by atoms with Crippen molar-refractivity contribution in [3.05, 3.63) is 18.2 Å². The molecule has 0 unspecified atom stereocenters. The first kappa shape index (κ1) is 9.68. The molecule has 2 rings (SSSR count). The molecule has 0 atom stereocenters. The predicted octanol–water partition coefficient (Wildman–Crippen LogP) is 0.674. The summed E-state index contributed by atoms with van der Waals surface area (Å²) in [6.45, 7) is 5.10. The lowest BCUT2D eigenvalue weighted by molar-refractivity contribution is 0.0374. The van der Waals surface area contributed by atoms with Gasteiger partial charge in [0.25, 0.3) is 0 Å². The van der Waals surface area contributed by atoms with Gasteiger partial charge in [-0.2, -0.15) is 0 Å². The maximum Gasteiger partial charge on any atom is 0.106 e. The molecule has 0 radical (unpaired) electrons. The Kier molecular flexibility index (Phi) is 3.54. The number of rotatable bonds is 4. The molecule has 1 fully saturated rings. The quantitative estimate of drug-likeness (QED) is 0.768. The smallest absolute Gasteiger partial charge is 0.106 e. The molecule has 1 aliphatic rings. The van der Waals surface area contributed by atoms with Gasteiger partial charge < -0.3 is 9.72 Å². The number of aryl methyl sites for hydroxylation is 1. The van der Waals surface area contributed by atoms with E-state index >= 15 is 0 Å². The molecule has 1 aromatic heterocycles. The molecule has 1 aliphatic heterocycles. The van der Waals surface area contributed by atoms with Gasteiger partial charge in [0, 0.05) is 31.9 Å². The second kappa shape index (κ2) is 5.12. The van der Waals surface area contributed by atoms with Gasteiger partial charge >= 0.3 is 0 Å². The fourth-order valence-electron chi connectivity index (χ4n) is 1.73. The number of hydrogen-bond acceptors (Lipinski definition) is 3. The normalized spacial score (nSPS) is 18.6. The molecule has 0 aromatic carbocycles. The Morgan fingerprint density at radius 3 is 3.00 bits per heavy atom. The summed E-state index contributed by atoms with van der Waals surface area (Å²) in [4.78, 5) is 9.77. The minimum Gasteiger partial charge on any atom is -0.379 e. The van der Waals surface area contributed by atoms with Gasteiger partial charge in [-0.05, 0) is 13.0 Å². The van der Waals surface area contributed by atoms with Gasteiger partial charge in [0.15, 0.2) is 0 Å². The first-order valence-corrected chi connectivity index (χ1v) is 5.23. The Morgan fingerprint density at radius 2 is 2.29 bits per heavy atom. The lowest BCUT2D eigenvalue weighted by Gasteiger charge is -2.26. The van der Waals surface area contributed by atoms with E-state index in [9.17, 15) is 0 Å². The summed E-state index contributed by atoms with van der Waals surface area (Å²) in [7, 11) is 0. The minimum absolute atomic E-state index is 0.890. The number of nitrogens with one attached hydrogen (secondary N) is 1. The summed E-state index contributed by atoms with van der Waals surface area (Å²) in [5, 5.41) is 0. The molecule has 1 saturated heterocycles. The average Bonchev–Trinajstić information content (AvgIpc) is 2.72. The summed E-state index contributed by atoms with van der Waals surface area (Å²) in [6.07, 6.45) is 5.91. The Hall–Kier alpha value is -0.870. The van der Waals surface area contributed by atoms with Crippen LogP contribution in [0.1, 0.15) is 12.2 Å². The SMILES string of the molecule is c1c[nH]c(CCCN2CCOCC2)n1. The number of nitrogens with zero attached hydrogens (tertiary/aromatic N) is 2. The topological polar surface area (TPSA) is 41.2 Å². The standard InChI is InChI=1S/C10H17N3O/c1(2-10-11-3-4-12-10)5-13-6-8-14-9-7-13/h3-4H,1-2,5-9H2,(H,11,12). The maximum absolute atomic E-state index is 5.29. The Balaban J connectivity index is 1.62. The van der Waals surface area contributed by atoms with Crippen LogP contribution >= 0.6 is 0 Å². The van der Waals surface area contributed by atoms with Crippen molar-refractivity contribution >= 4 is 0 Å². The maximum atomic E-state index is 5.29. The van der Waals surface area contributed by atoms with Crippen LogP contribution in [0.5, 0.6) is 0 Å². The zero-order valence-corrected chi connectivity index (χ0v) is 8.41. The molecule has 4 heteroatoms. The highest BCUT2D eigenvalue weighted by Gasteiger charge is 2.09. The molecule has 1 N–H and O–H groups in total. The summed E-state index contributed by atoms with van der Waals surface area (Å²) in [5.74, 6) is 1.10. The summed E-state index contributed by atoms with van der Waals surface area (Å²) in [6, 6.07) is 0. The van der Waals surface area contributed by atoms with Crippen molar-refractivity contribution in [1.82, 2.24) is 14.9 Å². The van der Waals surface area contributed by atoms with Crippen LogP contribution in [-0.2, 0) is 11.2 Å². The van der Waals surface area contributed by atoms with Gasteiger partial charge in [0.05, 0.1) is 13.2 Å². The molecule has 4 nitrogen and oxygen atoms in total. The van der Waals surface area contributed by atoms with E-state index in [1.165, 1.54) is 6.42 Å². The second-order valence-electron chi connectivity index (χ2n) is 3.59. The second-order valence-corrected chi connectivity index (χ2v) is 3.59. The molecular formula is C10H17N3O. The summed E-state index contributed by atoms with van der Waals surface area (Å²) < 4.78 is 5.29. The van der Waals surface area contributed by atoms with Crippen molar-refractivity contribution in [2.45, 2.75) is 12.8 Å². The molecule has 0 amide bonds. The van der Waals surface area contributed by atoms with Crippen LogP contribution < -0.4 is 0 Å². The van der Waals surface area contributed by atoms with Crippen molar-refractivity contribution in [3.8, 4) is 0 Å². The van der Waals surface area contributed by atoms with Gasteiger partial charge in [0.2, 0.25) is 0 Å². The van der Waals surface area contributed by atoms with Crippen molar-refractivity contribution in [3.63, 3.8) is 0 Å². The van der Waals surface area contributed by atoms with Crippen molar-refractivity contribution in [2.24, 2.45) is 0 Å². The van der Waals surface area contributed by atoms with Gasteiger partial charge in [-0.1, -0.05) is 0 Å². The zero-order valence-electron chi connectivity index (χ0n) is 8.41. The Labute approximate surface area is 84.3 Å². The highest BCUT2D eigenvalue weighted by molar-refractivity contribution is 4.86. The van der Waals surface area contributed by atoms with E-state index in [0.717, 1.165) is 45.1 Å². The monoisotopic (exact) mass is 195 g/mol. The molecule has 2 heterocycles. The molecule has 14 heavy (non-hydrogen) atoms. The van der Waals surface area contributed by atoms with Crippen molar-refractivity contribution in [1.29, 1.82) is 0 Å². The largest absolute Gasteiger partial charge is 0.379 e. The van der Waals surface area contributed by atoms with E-state index < -0.39 is 0 Å². The Morgan fingerprint density at radius 1 is 1.43 bits per heavy atom. The number of aromatic nitrogens is 2. The molecule has 1 aromatic rings. The molecule has 0 aliphatic carbocycles. The van der Waals surface area contributed by atoms with E-state index in [1.807, 2.05) is 12.4 Å². The molecule has 0 saturated carbocycles. The van der Waals surface area contributed by atoms with Crippen LogP contribution in [0, 0.1) is 0 Å². The van der Waals surface area contributed by atoms with Crippen LogP contribution in [0.2, 0.25) is 0 Å². The van der Waals surface area contributed by atoms with E-state index in [4.69, 9.17) is 4.74 Å². The van der Waals surface area contributed by atoms with E-state index in [2.05, 4.69) is 14.9 Å². The number of aromatic amines is 1. The summed E-state index contributed by atoms with van der Waals surface area (Å²) >= 11 is 0. The molecule has 78 valence electrons. The van der Waals surface area contributed by atoms with Gasteiger partial charge in [-0.25, -0.2) is 4.98 Å². The number of imidazole rings is 1. The van der Waals surface area contributed by atoms with E-state index in [-0.39, 0.29) is 0 Å². The van der Waals surface area contributed by atoms with Crippen LogP contribution in [0.4, 0.5) is 0 Å². The number of ether oxygens (including phenoxy) is 1. The fourth-order valence-corrected chi connectivity index (χ4v) is 1.73. The van der Waals surface area contributed by atoms with Crippen molar-refractivity contribution < 1.29 is 4.74 Å². The van der Waals surface area contributed by atoms with Crippen LogP contribution in [-0.4, -0.2) is 47.7 Å². The summed E-state index contributed by atoms with van der Waals surface area (Å²) in [5.41, 5.74) is 0. The highest BCUT2D eigenvalue weighted by Crippen LogP contribution is 2.01. The van der Waals surface area contributed by atoms with Crippen molar-refractivity contribution in [2.75, 3.05) is 32.8 Å². The van der Waals surface area contributed by atoms with Crippen LogP contribution in [0.25, 0.3) is 0 Å². The molecule has 0 spiro atoms. The van der Waals surface area contributed by atoms with E-state index in [0.29, 0.717) is 0 Å². The van der Waals surface area contributed by atoms with E-state index in [1.54, 1.807) is 0 Å². The average molecular weight is 195 g/mol. The lowest BCUT2D eigenvalue weighted by atomic mass is 10.2. The van der Waals surface area contributed by atoms with Gasteiger partial charge in [-0.3, -0.25) is 4.90 Å². The minimum atomic E-state index is 0.890.